The van der Waals surface area contributed by atoms with Crippen LogP contribution in [0.25, 0.3) is 0 Å². The highest BCUT2D eigenvalue weighted by Crippen LogP contribution is 2.22. The van der Waals surface area contributed by atoms with Crippen LogP contribution in [0.2, 0.25) is 0 Å². The standard InChI is InChI=1S/C16H24N4O.C6H8N2O.C6H13NOS.C2H6/c1-4-17-14-9-6-10-15(18-14)19-16(21)11-20-12(2)7-5-8-13(20)3;1-5(4-7)2-3-6(8)9;1-4-7(2)6(8)5-9-3;1-2/h4,6,9-10,12-13H,1,5,7-8,11H2,2-3H3,(H2,17,18,19,21);1-3H2,(H2,8,9);4-5H2,1-3H3;1-2H3. The molecule has 11 heteroatoms. The molecule has 41 heavy (non-hydrogen) atoms. The second kappa shape index (κ2) is 24.4. The molecule has 2 heterocycles. The highest BCUT2D eigenvalue weighted by molar-refractivity contribution is 7.99. The van der Waals surface area contributed by atoms with Gasteiger partial charge in [-0.15, -0.1) is 0 Å². The lowest BCUT2D eigenvalue weighted by atomic mass is 9.97. The number of nitrogens with zero attached hydrogens (tertiary/aromatic N) is 4. The Morgan fingerprint density at radius 2 is 1.80 bits per heavy atom. The van der Waals surface area contributed by atoms with Crippen LogP contribution in [0.5, 0.6) is 0 Å². The summed E-state index contributed by atoms with van der Waals surface area (Å²) < 4.78 is 0. The molecule has 2 atom stereocenters. The second-order valence-corrected chi connectivity index (χ2v) is 9.99. The second-order valence-electron chi connectivity index (χ2n) is 9.13. The summed E-state index contributed by atoms with van der Waals surface area (Å²) >= 11 is 1.56. The SMILES string of the molecule is C=C(C#N)CCC(N)=O.C=CNc1cccc(NC(=O)CN2C(C)CCCC2C)n1.CC.CCN(C)C(=O)CSC. The van der Waals surface area contributed by atoms with Crippen LogP contribution in [0, 0.1) is 11.3 Å². The number of rotatable bonds is 11. The Bertz CT molecular complexity index is 971. The van der Waals surface area contributed by atoms with Crippen molar-refractivity contribution in [2.75, 3.05) is 42.8 Å². The van der Waals surface area contributed by atoms with Gasteiger partial charge in [-0.1, -0.05) is 39.5 Å². The van der Waals surface area contributed by atoms with Crippen molar-refractivity contribution in [1.82, 2.24) is 14.8 Å². The van der Waals surface area contributed by atoms with Crippen LogP contribution >= 0.6 is 11.8 Å². The zero-order valence-electron chi connectivity index (χ0n) is 26.0. The predicted molar refractivity (Wildman–Crippen MR) is 172 cm³/mol. The molecule has 230 valence electrons. The minimum atomic E-state index is -0.397. The molecule has 1 aliphatic rings. The molecule has 3 amide bonds. The third-order valence-corrected chi connectivity index (χ3v) is 6.50. The van der Waals surface area contributed by atoms with Crippen LogP contribution in [0.15, 0.2) is 43.1 Å². The van der Waals surface area contributed by atoms with E-state index in [0.29, 0.717) is 48.0 Å². The minimum absolute atomic E-state index is 0.0150. The molecule has 2 unspecified atom stereocenters. The van der Waals surface area contributed by atoms with Crippen LogP contribution < -0.4 is 16.4 Å². The number of pyridine rings is 1. The van der Waals surface area contributed by atoms with Crippen LogP contribution in [-0.4, -0.2) is 76.7 Å². The van der Waals surface area contributed by atoms with Gasteiger partial charge in [-0.05, 0) is 64.6 Å². The molecule has 0 bridgehead atoms. The number of hydrogen-bond acceptors (Lipinski definition) is 8. The molecule has 1 aliphatic heterocycles. The number of anilines is 2. The number of carbonyl (C=O) groups is 3. The fraction of sp³-hybridized carbons (Fsp3) is 0.567. The van der Waals surface area contributed by atoms with E-state index in [1.54, 1.807) is 28.9 Å². The van der Waals surface area contributed by atoms with Gasteiger partial charge in [-0.2, -0.15) is 17.0 Å². The maximum Gasteiger partial charge on any atom is 0.239 e. The third kappa shape index (κ3) is 19.4. The van der Waals surface area contributed by atoms with E-state index in [1.807, 2.05) is 52.3 Å². The van der Waals surface area contributed by atoms with Gasteiger partial charge in [-0.3, -0.25) is 19.3 Å². The lowest BCUT2D eigenvalue weighted by molar-refractivity contribution is -0.127. The first-order valence-electron chi connectivity index (χ1n) is 14.0. The maximum absolute atomic E-state index is 12.2. The first kappa shape index (κ1) is 39.8. The van der Waals surface area contributed by atoms with E-state index >= 15 is 0 Å². The fourth-order valence-electron chi connectivity index (χ4n) is 3.56. The van der Waals surface area contributed by atoms with Gasteiger partial charge in [0.2, 0.25) is 17.7 Å². The van der Waals surface area contributed by atoms with Gasteiger partial charge >= 0.3 is 0 Å². The van der Waals surface area contributed by atoms with E-state index in [2.05, 4.69) is 47.5 Å². The number of aromatic nitrogens is 1. The first-order valence-corrected chi connectivity index (χ1v) is 15.4. The summed E-state index contributed by atoms with van der Waals surface area (Å²) in [5.41, 5.74) is 5.20. The molecular formula is C30H51N7O3S. The topological polar surface area (TPSA) is 144 Å². The Morgan fingerprint density at radius 3 is 2.29 bits per heavy atom. The van der Waals surface area contributed by atoms with Crippen LogP contribution in [0.3, 0.4) is 0 Å². The van der Waals surface area contributed by atoms with Gasteiger partial charge in [-0.25, -0.2) is 4.98 Å². The Hall–Kier alpha value is -3.36. The zero-order chi connectivity index (χ0) is 31.8. The summed E-state index contributed by atoms with van der Waals surface area (Å²) in [4.78, 5) is 41.5. The highest BCUT2D eigenvalue weighted by Gasteiger charge is 2.26. The lowest BCUT2D eigenvalue weighted by Gasteiger charge is -2.38. The number of nitrogens with two attached hydrogens (primary N) is 1. The summed E-state index contributed by atoms with van der Waals surface area (Å²) in [5.74, 6) is 1.63. The predicted octanol–water partition coefficient (Wildman–Crippen LogP) is 5.02. The summed E-state index contributed by atoms with van der Waals surface area (Å²) in [5, 5.41) is 13.9. The Labute approximate surface area is 251 Å². The number of allylic oxidation sites excluding steroid dienone is 1. The van der Waals surface area contributed by atoms with E-state index < -0.39 is 5.91 Å². The average molecular weight is 590 g/mol. The number of primary amides is 1. The van der Waals surface area contributed by atoms with Crippen molar-refractivity contribution in [3.8, 4) is 6.07 Å². The van der Waals surface area contributed by atoms with Gasteiger partial charge in [0.25, 0.3) is 0 Å². The molecule has 1 fully saturated rings. The number of nitrogens with one attached hydrogen (secondary N) is 2. The molecule has 0 spiro atoms. The number of carbonyl (C=O) groups excluding carboxylic acids is 3. The summed E-state index contributed by atoms with van der Waals surface area (Å²) in [7, 11) is 1.82. The molecular weight excluding hydrogens is 538 g/mol. The van der Waals surface area contributed by atoms with E-state index in [9.17, 15) is 14.4 Å². The molecule has 10 nitrogen and oxygen atoms in total. The van der Waals surface area contributed by atoms with E-state index in [4.69, 9.17) is 11.0 Å². The first-order chi connectivity index (χ1) is 19.5. The largest absolute Gasteiger partial charge is 0.370 e. The highest BCUT2D eigenvalue weighted by atomic mass is 32.2. The number of thioether (sulfide) groups is 1. The van der Waals surface area contributed by atoms with E-state index in [-0.39, 0.29) is 18.2 Å². The monoisotopic (exact) mass is 589 g/mol. The number of amides is 3. The van der Waals surface area contributed by atoms with Crippen LogP contribution in [0.1, 0.15) is 66.7 Å². The average Bonchev–Trinajstić information content (AvgIpc) is 2.95. The van der Waals surface area contributed by atoms with Gasteiger partial charge in [0.05, 0.1) is 18.4 Å². The molecule has 0 radical (unpaired) electrons. The zero-order valence-corrected chi connectivity index (χ0v) is 26.9. The Morgan fingerprint density at radius 1 is 1.22 bits per heavy atom. The lowest BCUT2D eigenvalue weighted by Crippen LogP contribution is -2.47. The van der Waals surface area contributed by atoms with Crippen molar-refractivity contribution in [2.45, 2.75) is 78.8 Å². The van der Waals surface area contributed by atoms with E-state index in [0.717, 1.165) is 19.4 Å². The van der Waals surface area contributed by atoms with Gasteiger partial charge in [0, 0.05) is 37.7 Å². The van der Waals surface area contributed by atoms with Crippen molar-refractivity contribution >= 4 is 41.1 Å². The van der Waals surface area contributed by atoms with Crippen molar-refractivity contribution < 1.29 is 14.4 Å². The van der Waals surface area contributed by atoms with Crippen molar-refractivity contribution in [3.05, 3.63) is 43.1 Å². The number of likely N-dealkylation sites (tertiary alicyclic amines) is 1. The quantitative estimate of drug-likeness (QED) is 0.305. The van der Waals surface area contributed by atoms with Crippen LogP contribution in [-0.2, 0) is 14.4 Å². The van der Waals surface area contributed by atoms with Gasteiger partial charge in [0.1, 0.15) is 11.6 Å². The molecule has 1 aromatic rings. The van der Waals surface area contributed by atoms with Crippen LogP contribution in [0.4, 0.5) is 11.6 Å². The fourth-order valence-corrected chi connectivity index (χ4v) is 4.03. The normalized spacial score (nSPS) is 15.5. The van der Waals surface area contributed by atoms with E-state index in [1.165, 1.54) is 6.42 Å². The molecule has 0 aromatic carbocycles. The number of nitriles is 1. The summed E-state index contributed by atoms with van der Waals surface area (Å²) in [6.45, 7) is 18.5. The summed E-state index contributed by atoms with van der Waals surface area (Å²) in [6.07, 6.45) is 7.66. The number of hydrogen-bond donors (Lipinski definition) is 3. The Balaban J connectivity index is 0. The van der Waals surface area contributed by atoms with Gasteiger partial charge in [0.15, 0.2) is 0 Å². The van der Waals surface area contributed by atoms with Crippen molar-refractivity contribution in [1.29, 1.82) is 5.26 Å². The Kier molecular flexibility index (Phi) is 23.7. The minimum Gasteiger partial charge on any atom is -0.370 e. The number of piperidine rings is 1. The molecule has 0 aliphatic carbocycles. The smallest absolute Gasteiger partial charge is 0.239 e. The summed E-state index contributed by atoms with van der Waals surface area (Å²) in [6, 6.07) is 8.20. The molecule has 1 aromatic heterocycles. The maximum atomic E-state index is 12.2. The molecule has 0 saturated carbocycles. The molecule has 4 N–H and O–H groups in total. The third-order valence-electron chi connectivity index (χ3n) is 5.97. The van der Waals surface area contributed by atoms with Crippen molar-refractivity contribution in [2.24, 2.45) is 5.73 Å². The van der Waals surface area contributed by atoms with Crippen molar-refractivity contribution in [3.63, 3.8) is 0 Å². The van der Waals surface area contributed by atoms with Gasteiger partial charge < -0.3 is 21.3 Å². The molecule has 2 rings (SSSR count). The molecule has 1 saturated heterocycles.